The minimum atomic E-state index is -1.22. The number of methoxy groups -OCH3 is 1. The molecule has 2 atom stereocenters. The molecule has 37 heavy (non-hydrogen) atoms. The molecular formula is C30H34O7. The Morgan fingerprint density at radius 3 is 2.32 bits per heavy atom. The van der Waals surface area contributed by atoms with Crippen LogP contribution in [-0.2, 0) is 14.9 Å². The van der Waals surface area contributed by atoms with E-state index in [0.717, 1.165) is 23.3 Å². The SMILES string of the molecule is CCOC(OC)Oc1cc(C(O)C#Cc2ccc(C(=O)O)c(O)c2)ccc1C12CC3CC(CC(C3)C1)C2. The van der Waals surface area contributed by atoms with Crippen molar-refractivity contribution in [3.8, 4) is 23.3 Å². The number of carboxylic acids is 1. The number of aliphatic hydroxyl groups is 1. The Morgan fingerprint density at radius 2 is 1.76 bits per heavy atom. The fraction of sp³-hybridized carbons (Fsp3) is 0.500. The first kappa shape index (κ1) is 25.6. The molecule has 6 rings (SSSR count). The van der Waals surface area contributed by atoms with Crippen LogP contribution in [0.15, 0.2) is 36.4 Å². The van der Waals surface area contributed by atoms with Gasteiger partial charge in [0.15, 0.2) is 0 Å². The third-order valence-corrected chi connectivity index (χ3v) is 8.23. The maximum atomic E-state index is 11.1. The first-order valence-electron chi connectivity index (χ1n) is 13.0. The second-order valence-corrected chi connectivity index (χ2v) is 10.8. The number of hydrogen-bond donors (Lipinski definition) is 3. The highest BCUT2D eigenvalue weighted by Gasteiger charge is 2.52. The van der Waals surface area contributed by atoms with Gasteiger partial charge >= 0.3 is 12.4 Å². The van der Waals surface area contributed by atoms with E-state index in [2.05, 4.69) is 17.9 Å². The predicted molar refractivity (Wildman–Crippen MR) is 136 cm³/mol. The van der Waals surface area contributed by atoms with Crippen molar-refractivity contribution in [2.24, 2.45) is 17.8 Å². The standard InChI is InChI=1S/C30H34O7/c1-3-36-29(35-2)37-27-14-22(25(31)9-5-18-4-7-23(28(33)34)26(32)13-18)6-8-24(27)30-15-19-10-20(16-30)12-21(11-19)17-30/h4,6-8,13-14,19-21,25,29,31-32H,3,10-12,15-17H2,1-2H3,(H,33,34). The zero-order chi connectivity index (χ0) is 26.2. The molecule has 2 aromatic carbocycles. The molecule has 0 heterocycles. The van der Waals surface area contributed by atoms with Crippen LogP contribution in [0, 0.1) is 29.6 Å². The number of carboxylic acid groups (broad SMARTS) is 1. The van der Waals surface area contributed by atoms with Crippen LogP contribution in [-0.4, -0.2) is 41.5 Å². The van der Waals surface area contributed by atoms with Gasteiger partial charge in [-0.05, 0) is 98.4 Å². The van der Waals surface area contributed by atoms with Gasteiger partial charge in [-0.15, -0.1) is 0 Å². The third kappa shape index (κ3) is 5.19. The van der Waals surface area contributed by atoms with Crippen molar-refractivity contribution in [3.05, 3.63) is 58.7 Å². The Balaban J connectivity index is 1.45. The largest absolute Gasteiger partial charge is 0.507 e. The molecule has 0 aliphatic heterocycles. The van der Waals surface area contributed by atoms with Crippen LogP contribution in [0.5, 0.6) is 11.5 Å². The van der Waals surface area contributed by atoms with Crippen LogP contribution >= 0.6 is 0 Å². The van der Waals surface area contributed by atoms with Gasteiger partial charge in [0.25, 0.3) is 0 Å². The van der Waals surface area contributed by atoms with Crippen molar-refractivity contribution in [2.75, 3.05) is 13.7 Å². The highest BCUT2D eigenvalue weighted by atomic mass is 16.8. The van der Waals surface area contributed by atoms with Gasteiger partial charge in [0.2, 0.25) is 0 Å². The number of hydrogen-bond acceptors (Lipinski definition) is 6. The van der Waals surface area contributed by atoms with Gasteiger partial charge < -0.3 is 29.5 Å². The van der Waals surface area contributed by atoms with E-state index in [0.29, 0.717) is 23.5 Å². The van der Waals surface area contributed by atoms with Gasteiger partial charge in [0.05, 0.1) is 6.61 Å². The number of ether oxygens (including phenoxy) is 3. The van der Waals surface area contributed by atoms with Crippen molar-refractivity contribution in [2.45, 2.75) is 63.4 Å². The summed E-state index contributed by atoms with van der Waals surface area (Å²) < 4.78 is 17.3. The molecule has 2 aromatic rings. The molecule has 7 nitrogen and oxygen atoms in total. The molecule has 3 N–H and O–H groups in total. The molecule has 0 amide bonds. The summed E-state index contributed by atoms with van der Waals surface area (Å²) in [5, 5.41) is 29.9. The van der Waals surface area contributed by atoms with E-state index in [9.17, 15) is 15.0 Å². The third-order valence-electron chi connectivity index (χ3n) is 8.23. The van der Waals surface area contributed by atoms with Gasteiger partial charge in [-0.3, -0.25) is 0 Å². The molecule has 4 fully saturated rings. The lowest BCUT2D eigenvalue weighted by Crippen LogP contribution is -2.48. The Bertz CT molecular complexity index is 1190. The average molecular weight is 507 g/mol. The van der Waals surface area contributed by atoms with Crippen LogP contribution in [0.3, 0.4) is 0 Å². The second kappa shape index (κ2) is 10.4. The summed E-state index contributed by atoms with van der Waals surface area (Å²) in [6.45, 7) is 1.46. The molecule has 0 spiro atoms. The van der Waals surface area contributed by atoms with Crippen LogP contribution in [0.4, 0.5) is 0 Å². The van der Waals surface area contributed by atoms with E-state index >= 15 is 0 Å². The molecule has 0 radical (unpaired) electrons. The lowest BCUT2D eigenvalue weighted by molar-refractivity contribution is -0.231. The van der Waals surface area contributed by atoms with Crippen molar-refractivity contribution >= 4 is 5.97 Å². The Labute approximate surface area is 217 Å². The topological polar surface area (TPSA) is 105 Å². The number of carbonyl (C=O) groups is 1. The average Bonchev–Trinajstić information content (AvgIpc) is 2.86. The van der Waals surface area contributed by atoms with Crippen LogP contribution in [0.2, 0.25) is 0 Å². The monoisotopic (exact) mass is 506 g/mol. The Hall–Kier alpha value is -3.05. The maximum absolute atomic E-state index is 11.1. The highest BCUT2D eigenvalue weighted by Crippen LogP contribution is 2.62. The van der Waals surface area contributed by atoms with Crippen LogP contribution in [0.1, 0.15) is 78.6 Å². The number of aliphatic hydroxyl groups excluding tert-OH is 1. The van der Waals surface area contributed by atoms with Crippen LogP contribution < -0.4 is 4.74 Å². The number of aromatic hydroxyl groups is 1. The first-order chi connectivity index (χ1) is 17.8. The number of rotatable bonds is 8. The molecule has 0 aromatic heterocycles. The zero-order valence-electron chi connectivity index (χ0n) is 21.3. The summed E-state index contributed by atoms with van der Waals surface area (Å²) in [4.78, 5) is 11.1. The molecule has 4 aliphatic rings. The first-order valence-corrected chi connectivity index (χ1v) is 13.0. The van der Waals surface area contributed by atoms with Gasteiger partial charge in [-0.2, -0.15) is 0 Å². The summed E-state index contributed by atoms with van der Waals surface area (Å²) in [7, 11) is 1.54. The van der Waals surface area contributed by atoms with Crippen molar-refractivity contribution in [3.63, 3.8) is 0 Å². The molecule has 196 valence electrons. The second-order valence-electron chi connectivity index (χ2n) is 10.8. The molecule has 4 saturated carbocycles. The summed E-state index contributed by atoms with van der Waals surface area (Å²) >= 11 is 0. The fourth-order valence-corrected chi connectivity index (χ4v) is 7.10. The predicted octanol–water partition coefficient (Wildman–Crippen LogP) is 4.99. The minimum Gasteiger partial charge on any atom is -0.507 e. The van der Waals surface area contributed by atoms with Gasteiger partial charge in [0, 0.05) is 18.2 Å². The summed E-state index contributed by atoms with van der Waals surface area (Å²) in [6.07, 6.45) is 6.40. The molecular weight excluding hydrogens is 472 g/mol. The summed E-state index contributed by atoms with van der Waals surface area (Å²) in [5.74, 6) is 6.99. The van der Waals surface area contributed by atoms with Gasteiger partial charge in [-0.1, -0.05) is 24.0 Å². The summed E-state index contributed by atoms with van der Waals surface area (Å²) in [5.41, 5.74) is 2.02. The van der Waals surface area contributed by atoms with E-state index in [1.165, 1.54) is 56.7 Å². The smallest absolute Gasteiger partial charge is 0.339 e. The zero-order valence-corrected chi connectivity index (χ0v) is 21.3. The number of aromatic carboxylic acids is 1. The van der Waals surface area contributed by atoms with E-state index in [1.54, 1.807) is 7.11 Å². The van der Waals surface area contributed by atoms with E-state index in [-0.39, 0.29) is 16.7 Å². The fourth-order valence-electron chi connectivity index (χ4n) is 7.10. The Kier molecular flexibility index (Phi) is 7.17. The van der Waals surface area contributed by atoms with Crippen molar-refractivity contribution in [1.82, 2.24) is 0 Å². The summed E-state index contributed by atoms with van der Waals surface area (Å²) in [6, 6.07) is 9.89. The molecule has 4 bridgehead atoms. The minimum absolute atomic E-state index is 0.0766. The van der Waals surface area contributed by atoms with Gasteiger partial charge in [-0.25, -0.2) is 4.79 Å². The van der Waals surface area contributed by atoms with Crippen molar-refractivity contribution < 1.29 is 34.3 Å². The lowest BCUT2D eigenvalue weighted by Gasteiger charge is -2.57. The molecule has 4 aliphatic carbocycles. The Morgan fingerprint density at radius 1 is 1.08 bits per heavy atom. The molecule has 7 heteroatoms. The van der Waals surface area contributed by atoms with E-state index in [1.807, 2.05) is 19.1 Å². The molecule has 0 saturated heterocycles. The van der Waals surface area contributed by atoms with E-state index in [4.69, 9.17) is 19.3 Å². The molecule has 2 unspecified atom stereocenters. The quantitative estimate of drug-likeness (QED) is 0.342. The number of phenols is 1. The van der Waals surface area contributed by atoms with Crippen molar-refractivity contribution in [1.29, 1.82) is 0 Å². The lowest BCUT2D eigenvalue weighted by atomic mass is 9.48. The maximum Gasteiger partial charge on any atom is 0.339 e. The normalized spacial score (nSPS) is 27.3. The van der Waals surface area contributed by atoms with Gasteiger partial charge in [0.1, 0.15) is 23.2 Å². The van der Waals surface area contributed by atoms with E-state index < -0.39 is 18.5 Å². The van der Waals surface area contributed by atoms with Crippen LogP contribution in [0.25, 0.3) is 0 Å². The number of benzene rings is 2. The highest BCUT2D eigenvalue weighted by molar-refractivity contribution is 5.90.